The number of aromatic nitrogens is 2. The minimum Gasteiger partial charge on any atom is -0.373 e. The second-order valence-electron chi connectivity index (χ2n) is 5.96. The highest BCUT2D eigenvalue weighted by molar-refractivity contribution is 7.13. The van der Waals surface area contributed by atoms with E-state index in [2.05, 4.69) is 34.0 Å². The molecule has 2 aromatic heterocycles. The zero-order chi connectivity index (χ0) is 17.1. The fourth-order valence-corrected chi connectivity index (χ4v) is 3.54. The molecule has 0 bridgehead atoms. The predicted octanol–water partition coefficient (Wildman–Crippen LogP) is 1.69. The van der Waals surface area contributed by atoms with Gasteiger partial charge in [0.05, 0.1) is 17.9 Å². The molecule has 1 saturated heterocycles. The normalized spacial score (nSPS) is 21.6. The Morgan fingerprint density at radius 2 is 2.21 bits per heavy atom. The molecule has 1 fully saturated rings. The highest BCUT2D eigenvalue weighted by Gasteiger charge is 2.23. The average molecular weight is 348 g/mol. The first kappa shape index (κ1) is 16.8. The summed E-state index contributed by atoms with van der Waals surface area (Å²) in [5.41, 5.74) is 0.562. The van der Waals surface area contributed by atoms with Crippen LogP contribution < -0.4 is 10.9 Å². The van der Waals surface area contributed by atoms with E-state index in [0.29, 0.717) is 5.13 Å². The fraction of sp³-hybridized carbons (Fsp3) is 0.438. The molecule has 2 atom stereocenters. The third kappa shape index (κ3) is 4.08. The van der Waals surface area contributed by atoms with Crippen molar-refractivity contribution < 1.29 is 9.53 Å². The summed E-state index contributed by atoms with van der Waals surface area (Å²) in [7, 11) is 0. The third-order valence-electron chi connectivity index (χ3n) is 3.72. The number of nitrogens with one attached hydrogen (secondary N) is 2. The average Bonchev–Trinajstić information content (AvgIpc) is 2.93. The van der Waals surface area contributed by atoms with Gasteiger partial charge in [-0.3, -0.25) is 19.8 Å². The van der Waals surface area contributed by atoms with E-state index in [4.69, 9.17) is 4.74 Å². The van der Waals surface area contributed by atoms with Crippen LogP contribution in [0.4, 0.5) is 5.13 Å². The molecule has 128 valence electrons. The Bertz CT molecular complexity index is 762. The summed E-state index contributed by atoms with van der Waals surface area (Å²) in [6.07, 6.45) is 1.90. The van der Waals surface area contributed by atoms with Crippen molar-refractivity contribution in [3.63, 3.8) is 0 Å². The monoisotopic (exact) mass is 348 g/mol. The number of H-pyrrole nitrogens is 1. The molecule has 3 heterocycles. The zero-order valence-corrected chi connectivity index (χ0v) is 14.4. The number of ether oxygens (including phenoxy) is 1. The lowest BCUT2D eigenvalue weighted by Crippen LogP contribution is -2.44. The highest BCUT2D eigenvalue weighted by Crippen LogP contribution is 2.19. The summed E-state index contributed by atoms with van der Waals surface area (Å²) in [6.45, 7) is 6.57. The number of carbonyl (C=O) groups is 1. The summed E-state index contributed by atoms with van der Waals surface area (Å²) in [4.78, 5) is 33.0. The minimum absolute atomic E-state index is 0.0741. The van der Waals surface area contributed by atoms with Crippen LogP contribution in [0, 0.1) is 0 Å². The second-order valence-corrected chi connectivity index (χ2v) is 6.82. The predicted molar refractivity (Wildman–Crippen MR) is 92.4 cm³/mol. The van der Waals surface area contributed by atoms with E-state index in [1.54, 1.807) is 6.07 Å². The molecule has 7 nitrogen and oxygen atoms in total. The van der Waals surface area contributed by atoms with Gasteiger partial charge in [-0.15, -0.1) is 11.3 Å². The zero-order valence-electron chi connectivity index (χ0n) is 13.6. The first-order valence-electron chi connectivity index (χ1n) is 7.82. The lowest BCUT2D eigenvalue weighted by Gasteiger charge is -2.34. The van der Waals surface area contributed by atoms with E-state index >= 15 is 0 Å². The standard InChI is InChI=1S/C16H20N4O3S/c1-10-6-20(7-11(2)23-10)8-12-9-24-16(18-12)19-15(22)13-4-3-5-17-14(13)21/h3-5,9-11H,6-8H2,1-2H3,(H,17,21)(H,18,19,22)/t10-,11-/m1/s1. The maximum Gasteiger partial charge on any atom is 0.263 e. The topological polar surface area (TPSA) is 87.3 Å². The molecule has 1 aliphatic rings. The van der Waals surface area contributed by atoms with Gasteiger partial charge in [-0.25, -0.2) is 4.98 Å². The molecule has 2 N–H and O–H groups in total. The van der Waals surface area contributed by atoms with E-state index in [1.807, 2.05) is 5.38 Å². The first-order valence-corrected chi connectivity index (χ1v) is 8.70. The quantitative estimate of drug-likeness (QED) is 0.878. The van der Waals surface area contributed by atoms with E-state index in [1.165, 1.54) is 23.6 Å². The Kier molecular flexibility index (Phi) is 5.08. The summed E-state index contributed by atoms with van der Waals surface area (Å²) < 4.78 is 5.72. The number of anilines is 1. The molecule has 0 aliphatic carbocycles. The van der Waals surface area contributed by atoms with Gasteiger partial charge in [-0.1, -0.05) is 0 Å². The maximum atomic E-state index is 12.1. The molecule has 2 aromatic rings. The number of morpholine rings is 1. The van der Waals surface area contributed by atoms with Gasteiger partial charge < -0.3 is 9.72 Å². The van der Waals surface area contributed by atoms with Crippen LogP contribution in [-0.2, 0) is 11.3 Å². The molecular weight excluding hydrogens is 328 g/mol. The smallest absolute Gasteiger partial charge is 0.263 e. The maximum absolute atomic E-state index is 12.1. The Balaban J connectivity index is 1.62. The molecule has 0 saturated carbocycles. The number of hydrogen-bond donors (Lipinski definition) is 2. The third-order valence-corrected chi connectivity index (χ3v) is 4.52. The van der Waals surface area contributed by atoms with Crippen molar-refractivity contribution in [1.82, 2.24) is 14.9 Å². The van der Waals surface area contributed by atoms with Crippen LogP contribution in [0.3, 0.4) is 0 Å². The number of carbonyl (C=O) groups excluding carboxylic acids is 1. The van der Waals surface area contributed by atoms with Gasteiger partial charge in [0.1, 0.15) is 5.56 Å². The summed E-state index contributed by atoms with van der Waals surface area (Å²) >= 11 is 1.36. The van der Waals surface area contributed by atoms with Crippen molar-refractivity contribution in [2.75, 3.05) is 18.4 Å². The lowest BCUT2D eigenvalue weighted by molar-refractivity contribution is -0.0707. The van der Waals surface area contributed by atoms with E-state index in [-0.39, 0.29) is 17.8 Å². The number of thiazole rings is 1. The van der Waals surface area contributed by atoms with Crippen LogP contribution in [0.15, 0.2) is 28.5 Å². The van der Waals surface area contributed by atoms with E-state index in [9.17, 15) is 9.59 Å². The van der Waals surface area contributed by atoms with E-state index in [0.717, 1.165) is 25.3 Å². The minimum atomic E-state index is -0.452. The van der Waals surface area contributed by atoms with Gasteiger partial charge in [0.2, 0.25) is 0 Å². The van der Waals surface area contributed by atoms with Crippen LogP contribution in [0.5, 0.6) is 0 Å². The van der Waals surface area contributed by atoms with Crippen molar-refractivity contribution in [1.29, 1.82) is 0 Å². The van der Waals surface area contributed by atoms with Crippen molar-refractivity contribution in [2.45, 2.75) is 32.6 Å². The number of rotatable bonds is 4. The van der Waals surface area contributed by atoms with Crippen LogP contribution in [0.25, 0.3) is 0 Å². The van der Waals surface area contributed by atoms with Gasteiger partial charge in [0.25, 0.3) is 11.5 Å². The molecule has 0 spiro atoms. The molecule has 8 heteroatoms. The number of aromatic amines is 1. The van der Waals surface area contributed by atoms with Crippen molar-refractivity contribution >= 4 is 22.4 Å². The molecule has 1 aliphatic heterocycles. The summed E-state index contributed by atoms with van der Waals surface area (Å²) in [5.74, 6) is -0.452. The SMILES string of the molecule is C[C@@H]1CN(Cc2csc(NC(=O)c3ccc[nH]c3=O)n2)C[C@@H](C)O1. The number of pyridine rings is 1. The Morgan fingerprint density at radius 1 is 1.46 bits per heavy atom. The van der Waals surface area contributed by atoms with Gasteiger partial charge in [0, 0.05) is 31.2 Å². The molecule has 24 heavy (non-hydrogen) atoms. The number of hydrogen-bond acceptors (Lipinski definition) is 6. The number of amides is 1. The lowest BCUT2D eigenvalue weighted by atomic mass is 10.2. The molecule has 0 unspecified atom stereocenters. The van der Waals surface area contributed by atoms with Crippen LogP contribution in [0.2, 0.25) is 0 Å². The summed E-state index contributed by atoms with van der Waals surface area (Å²) in [6, 6.07) is 3.10. The van der Waals surface area contributed by atoms with Gasteiger partial charge in [-0.05, 0) is 26.0 Å². The second kappa shape index (κ2) is 7.25. The largest absolute Gasteiger partial charge is 0.373 e. The Labute approximate surface area is 143 Å². The molecular formula is C16H20N4O3S. The molecule has 3 rings (SSSR count). The van der Waals surface area contributed by atoms with Crippen molar-refractivity contribution in [2.24, 2.45) is 0 Å². The van der Waals surface area contributed by atoms with Crippen molar-refractivity contribution in [3.8, 4) is 0 Å². The van der Waals surface area contributed by atoms with Crippen molar-refractivity contribution in [3.05, 3.63) is 45.3 Å². The molecule has 0 aromatic carbocycles. The Hall–Kier alpha value is -2.03. The number of nitrogens with zero attached hydrogens (tertiary/aromatic N) is 2. The van der Waals surface area contributed by atoms with E-state index < -0.39 is 11.5 Å². The molecule has 1 amide bonds. The van der Waals surface area contributed by atoms with Crippen LogP contribution in [0.1, 0.15) is 29.9 Å². The fourth-order valence-electron chi connectivity index (χ4n) is 2.84. The first-order chi connectivity index (χ1) is 11.5. The van der Waals surface area contributed by atoms with Crippen LogP contribution >= 0.6 is 11.3 Å². The summed E-state index contributed by atoms with van der Waals surface area (Å²) in [5, 5.41) is 5.10. The molecule has 0 radical (unpaired) electrons. The van der Waals surface area contributed by atoms with Crippen LogP contribution in [-0.4, -0.2) is 46.1 Å². The highest BCUT2D eigenvalue weighted by atomic mass is 32.1. The van der Waals surface area contributed by atoms with Gasteiger partial charge in [0.15, 0.2) is 5.13 Å². The Morgan fingerprint density at radius 3 is 2.92 bits per heavy atom. The van der Waals surface area contributed by atoms with Gasteiger partial charge >= 0.3 is 0 Å². The van der Waals surface area contributed by atoms with Gasteiger partial charge in [-0.2, -0.15) is 0 Å².